The van der Waals surface area contributed by atoms with Crippen LogP contribution in [0.3, 0.4) is 0 Å². The fourth-order valence-electron chi connectivity index (χ4n) is 3.06. The van der Waals surface area contributed by atoms with Gasteiger partial charge in [-0.05, 0) is 48.3 Å². The molecule has 1 saturated heterocycles. The molecule has 1 atom stereocenters. The van der Waals surface area contributed by atoms with E-state index in [1.165, 1.54) is 24.0 Å². The molecule has 4 heteroatoms. The van der Waals surface area contributed by atoms with E-state index in [1.807, 2.05) is 0 Å². The number of benzene rings is 1. The SMILES string of the molecule is CC(C)c1cccc(NC2CCC(=O)NC2=O)c1C1CC1. The highest BCUT2D eigenvalue weighted by Crippen LogP contribution is 2.47. The molecule has 0 radical (unpaired) electrons. The van der Waals surface area contributed by atoms with Crippen LogP contribution in [0.2, 0.25) is 0 Å². The fourth-order valence-corrected chi connectivity index (χ4v) is 3.06. The van der Waals surface area contributed by atoms with E-state index in [1.54, 1.807) is 0 Å². The van der Waals surface area contributed by atoms with Crippen molar-refractivity contribution in [3.05, 3.63) is 29.3 Å². The van der Waals surface area contributed by atoms with Crippen LogP contribution in [0.1, 0.15) is 62.5 Å². The Bertz CT molecular complexity index is 576. The molecule has 3 rings (SSSR count). The third-order valence-corrected chi connectivity index (χ3v) is 4.32. The zero-order valence-electron chi connectivity index (χ0n) is 12.6. The van der Waals surface area contributed by atoms with Gasteiger partial charge < -0.3 is 5.32 Å². The minimum absolute atomic E-state index is 0.170. The lowest BCUT2D eigenvalue weighted by Gasteiger charge is -2.25. The Morgan fingerprint density at radius 2 is 1.95 bits per heavy atom. The Hall–Kier alpha value is -1.84. The summed E-state index contributed by atoms with van der Waals surface area (Å²) in [6.07, 6.45) is 3.44. The van der Waals surface area contributed by atoms with Gasteiger partial charge in [0.2, 0.25) is 11.8 Å². The van der Waals surface area contributed by atoms with Crippen molar-refractivity contribution in [1.29, 1.82) is 0 Å². The molecular weight excluding hydrogens is 264 g/mol. The quantitative estimate of drug-likeness (QED) is 0.837. The Morgan fingerprint density at radius 3 is 2.57 bits per heavy atom. The van der Waals surface area contributed by atoms with E-state index in [0.717, 1.165) is 5.69 Å². The van der Waals surface area contributed by atoms with Crippen molar-refractivity contribution < 1.29 is 9.59 Å². The average molecular weight is 286 g/mol. The zero-order chi connectivity index (χ0) is 15.0. The number of amides is 2. The lowest BCUT2D eigenvalue weighted by atomic mass is 9.92. The lowest BCUT2D eigenvalue weighted by Crippen LogP contribution is -2.47. The second kappa shape index (κ2) is 5.51. The summed E-state index contributed by atoms with van der Waals surface area (Å²) >= 11 is 0. The molecule has 4 nitrogen and oxygen atoms in total. The topological polar surface area (TPSA) is 58.2 Å². The highest BCUT2D eigenvalue weighted by molar-refractivity contribution is 6.01. The number of carbonyl (C=O) groups is 2. The van der Waals surface area contributed by atoms with Gasteiger partial charge in [0, 0.05) is 12.1 Å². The van der Waals surface area contributed by atoms with Gasteiger partial charge in [-0.3, -0.25) is 14.9 Å². The fraction of sp³-hybridized carbons (Fsp3) is 0.529. The Morgan fingerprint density at radius 1 is 1.19 bits per heavy atom. The summed E-state index contributed by atoms with van der Waals surface area (Å²) in [6, 6.07) is 6.00. The number of rotatable bonds is 4. The van der Waals surface area contributed by atoms with Crippen LogP contribution < -0.4 is 10.6 Å². The second-order valence-electron chi connectivity index (χ2n) is 6.39. The van der Waals surface area contributed by atoms with E-state index in [4.69, 9.17) is 0 Å². The summed E-state index contributed by atoms with van der Waals surface area (Å²) in [5.41, 5.74) is 3.81. The van der Waals surface area contributed by atoms with E-state index < -0.39 is 0 Å². The van der Waals surface area contributed by atoms with Crippen LogP contribution in [0, 0.1) is 0 Å². The standard InChI is InChI=1S/C17H22N2O2/c1-10(2)12-4-3-5-13(16(12)11-6-7-11)18-14-8-9-15(20)19-17(14)21/h3-5,10-11,14,18H,6-9H2,1-2H3,(H,19,20,21). The summed E-state index contributed by atoms with van der Waals surface area (Å²) in [4.78, 5) is 23.2. The third kappa shape index (κ3) is 2.94. The van der Waals surface area contributed by atoms with Gasteiger partial charge in [-0.25, -0.2) is 0 Å². The Kier molecular flexibility index (Phi) is 3.70. The van der Waals surface area contributed by atoms with E-state index in [2.05, 4.69) is 42.7 Å². The van der Waals surface area contributed by atoms with Crippen molar-refractivity contribution in [2.75, 3.05) is 5.32 Å². The predicted octanol–water partition coefficient (Wildman–Crippen LogP) is 2.90. The van der Waals surface area contributed by atoms with Crippen LogP contribution in [-0.4, -0.2) is 17.9 Å². The molecule has 1 unspecified atom stereocenters. The van der Waals surface area contributed by atoms with Crippen molar-refractivity contribution in [1.82, 2.24) is 5.32 Å². The number of imide groups is 1. The molecule has 2 N–H and O–H groups in total. The van der Waals surface area contributed by atoms with Crippen molar-refractivity contribution in [2.45, 2.75) is 57.4 Å². The normalized spacial score (nSPS) is 22.3. The molecule has 0 aromatic heterocycles. The van der Waals surface area contributed by atoms with Crippen LogP contribution in [0.4, 0.5) is 5.69 Å². The summed E-state index contributed by atoms with van der Waals surface area (Å²) in [5, 5.41) is 5.78. The van der Waals surface area contributed by atoms with E-state index in [-0.39, 0.29) is 17.9 Å². The molecule has 2 amide bonds. The molecule has 21 heavy (non-hydrogen) atoms. The van der Waals surface area contributed by atoms with Gasteiger partial charge in [-0.1, -0.05) is 26.0 Å². The highest BCUT2D eigenvalue weighted by atomic mass is 16.2. The number of anilines is 1. The third-order valence-electron chi connectivity index (χ3n) is 4.32. The maximum absolute atomic E-state index is 11.9. The second-order valence-corrected chi connectivity index (χ2v) is 6.39. The molecule has 1 aliphatic carbocycles. The molecule has 1 heterocycles. The Balaban J connectivity index is 1.86. The first-order valence-electron chi connectivity index (χ1n) is 7.79. The summed E-state index contributed by atoms with van der Waals surface area (Å²) < 4.78 is 0. The van der Waals surface area contributed by atoms with E-state index in [0.29, 0.717) is 24.7 Å². The molecule has 1 aromatic carbocycles. The first-order valence-corrected chi connectivity index (χ1v) is 7.79. The van der Waals surface area contributed by atoms with Crippen LogP contribution in [0.25, 0.3) is 0 Å². The Labute approximate surface area is 125 Å². The largest absolute Gasteiger partial charge is 0.373 e. The molecule has 0 bridgehead atoms. The van der Waals surface area contributed by atoms with Crippen molar-refractivity contribution >= 4 is 17.5 Å². The van der Waals surface area contributed by atoms with Crippen LogP contribution in [-0.2, 0) is 9.59 Å². The van der Waals surface area contributed by atoms with Crippen molar-refractivity contribution in [2.24, 2.45) is 0 Å². The molecular formula is C17H22N2O2. The van der Waals surface area contributed by atoms with Crippen molar-refractivity contribution in [3.8, 4) is 0 Å². The number of hydrogen-bond donors (Lipinski definition) is 2. The minimum atomic E-state index is -0.303. The number of piperidine rings is 1. The smallest absolute Gasteiger partial charge is 0.249 e. The van der Waals surface area contributed by atoms with Crippen LogP contribution in [0.5, 0.6) is 0 Å². The number of hydrogen-bond acceptors (Lipinski definition) is 3. The molecule has 2 fully saturated rings. The molecule has 0 spiro atoms. The summed E-state index contributed by atoms with van der Waals surface area (Å²) in [6.45, 7) is 4.41. The minimum Gasteiger partial charge on any atom is -0.373 e. The van der Waals surface area contributed by atoms with Gasteiger partial charge in [0.15, 0.2) is 0 Å². The molecule has 112 valence electrons. The molecule has 2 aliphatic rings. The first kappa shape index (κ1) is 14.1. The lowest BCUT2D eigenvalue weighted by molar-refractivity contribution is -0.133. The maximum Gasteiger partial charge on any atom is 0.249 e. The van der Waals surface area contributed by atoms with E-state index >= 15 is 0 Å². The molecule has 1 saturated carbocycles. The van der Waals surface area contributed by atoms with E-state index in [9.17, 15) is 9.59 Å². The van der Waals surface area contributed by atoms with Gasteiger partial charge in [-0.15, -0.1) is 0 Å². The summed E-state index contributed by atoms with van der Waals surface area (Å²) in [5.74, 6) is 0.725. The van der Waals surface area contributed by atoms with Crippen LogP contribution in [0.15, 0.2) is 18.2 Å². The maximum atomic E-state index is 11.9. The molecule has 1 aromatic rings. The highest BCUT2D eigenvalue weighted by Gasteiger charge is 2.32. The first-order chi connectivity index (χ1) is 10.1. The van der Waals surface area contributed by atoms with Crippen LogP contribution >= 0.6 is 0 Å². The van der Waals surface area contributed by atoms with Gasteiger partial charge in [-0.2, -0.15) is 0 Å². The van der Waals surface area contributed by atoms with Gasteiger partial charge in [0.05, 0.1) is 0 Å². The number of nitrogens with one attached hydrogen (secondary N) is 2. The summed E-state index contributed by atoms with van der Waals surface area (Å²) in [7, 11) is 0. The van der Waals surface area contributed by atoms with Crippen molar-refractivity contribution in [3.63, 3.8) is 0 Å². The molecule has 1 aliphatic heterocycles. The number of carbonyl (C=O) groups excluding carboxylic acids is 2. The van der Waals surface area contributed by atoms with Gasteiger partial charge >= 0.3 is 0 Å². The zero-order valence-corrected chi connectivity index (χ0v) is 12.6. The van der Waals surface area contributed by atoms with Gasteiger partial charge in [0.1, 0.15) is 6.04 Å². The predicted molar refractivity (Wildman–Crippen MR) is 82.3 cm³/mol. The average Bonchev–Trinajstić information content (AvgIpc) is 3.26. The van der Waals surface area contributed by atoms with Gasteiger partial charge in [0.25, 0.3) is 0 Å². The monoisotopic (exact) mass is 286 g/mol.